The molecule has 16 heavy (non-hydrogen) atoms. The second-order valence-electron chi connectivity index (χ2n) is 4.63. The van der Waals surface area contributed by atoms with E-state index in [0.29, 0.717) is 11.3 Å². The number of hydrogen-bond donors (Lipinski definition) is 3. The van der Waals surface area contributed by atoms with Crippen molar-refractivity contribution in [1.29, 1.82) is 0 Å². The number of carbonyl (C=O) groups is 1. The molecule has 0 bridgehead atoms. The van der Waals surface area contributed by atoms with Gasteiger partial charge in [0, 0.05) is 17.8 Å². The van der Waals surface area contributed by atoms with Gasteiger partial charge in [0.1, 0.15) is 0 Å². The van der Waals surface area contributed by atoms with Crippen LogP contribution in [0.4, 0.5) is 5.69 Å². The number of nitrogens with one attached hydrogen (secondary N) is 1. The van der Waals surface area contributed by atoms with Crippen LogP contribution in [0, 0.1) is 6.92 Å². The fourth-order valence-corrected chi connectivity index (χ4v) is 1.34. The van der Waals surface area contributed by atoms with Crippen molar-refractivity contribution in [2.75, 3.05) is 12.3 Å². The number of benzene rings is 1. The molecular formula is C12H18N2O2. The Balaban J connectivity index is 2.73. The first kappa shape index (κ1) is 12.5. The second kappa shape index (κ2) is 4.53. The summed E-state index contributed by atoms with van der Waals surface area (Å²) >= 11 is 0. The predicted molar refractivity (Wildman–Crippen MR) is 64.2 cm³/mol. The molecule has 0 fully saturated rings. The van der Waals surface area contributed by atoms with Crippen molar-refractivity contribution in [3.63, 3.8) is 0 Å². The van der Waals surface area contributed by atoms with Gasteiger partial charge in [-0.3, -0.25) is 4.79 Å². The molecule has 88 valence electrons. The molecule has 0 saturated carbocycles. The number of hydrogen-bond acceptors (Lipinski definition) is 3. The highest BCUT2D eigenvalue weighted by Crippen LogP contribution is 2.11. The Labute approximate surface area is 95.5 Å². The Morgan fingerprint density at radius 3 is 2.56 bits per heavy atom. The Hall–Kier alpha value is -1.55. The number of nitrogen functional groups attached to an aromatic ring is 1. The van der Waals surface area contributed by atoms with Crippen LogP contribution >= 0.6 is 0 Å². The van der Waals surface area contributed by atoms with Crippen LogP contribution in [0.1, 0.15) is 29.8 Å². The lowest BCUT2D eigenvalue weighted by atomic mass is 10.1. The Morgan fingerprint density at radius 2 is 2.06 bits per heavy atom. The molecule has 1 amide bonds. The topological polar surface area (TPSA) is 75.4 Å². The highest BCUT2D eigenvalue weighted by atomic mass is 16.3. The van der Waals surface area contributed by atoms with Gasteiger partial charge in [-0.25, -0.2) is 0 Å². The first-order valence-corrected chi connectivity index (χ1v) is 5.16. The fraction of sp³-hybridized carbons (Fsp3) is 0.417. The first-order chi connectivity index (χ1) is 7.28. The van der Waals surface area contributed by atoms with Crippen molar-refractivity contribution in [1.82, 2.24) is 5.32 Å². The molecule has 0 radical (unpaired) electrons. The molecule has 0 aliphatic heterocycles. The third-order valence-corrected chi connectivity index (χ3v) is 2.04. The van der Waals surface area contributed by atoms with E-state index in [4.69, 9.17) is 5.73 Å². The number of aliphatic hydroxyl groups is 1. The van der Waals surface area contributed by atoms with Crippen molar-refractivity contribution in [2.24, 2.45) is 0 Å². The van der Waals surface area contributed by atoms with Gasteiger partial charge in [0.05, 0.1) is 5.60 Å². The van der Waals surface area contributed by atoms with Crippen LogP contribution in [-0.2, 0) is 0 Å². The van der Waals surface area contributed by atoms with Gasteiger partial charge >= 0.3 is 0 Å². The zero-order chi connectivity index (χ0) is 12.3. The smallest absolute Gasteiger partial charge is 0.251 e. The molecule has 0 atom stereocenters. The number of anilines is 1. The van der Waals surface area contributed by atoms with E-state index in [1.165, 1.54) is 0 Å². The SMILES string of the molecule is Cc1cc(N)cc(C(=O)NCC(C)(C)O)c1. The van der Waals surface area contributed by atoms with Crippen LogP contribution in [0.25, 0.3) is 0 Å². The van der Waals surface area contributed by atoms with E-state index in [1.54, 1.807) is 32.0 Å². The standard InChI is InChI=1S/C12H18N2O2/c1-8-4-9(6-10(13)5-8)11(15)14-7-12(2,3)16/h4-6,16H,7,13H2,1-3H3,(H,14,15). The molecule has 1 aromatic carbocycles. The maximum absolute atomic E-state index is 11.7. The number of aryl methyl sites for hydroxylation is 1. The summed E-state index contributed by atoms with van der Waals surface area (Å²) in [5, 5.41) is 12.1. The quantitative estimate of drug-likeness (QED) is 0.670. The van der Waals surface area contributed by atoms with Gasteiger partial charge in [-0.05, 0) is 44.5 Å². The van der Waals surface area contributed by atoms with Crippen molar-refractivity contribution in [3.05, 3.63) is 29.3 Å². The molecule has 4 N–H and O–H groups in total. The molecule has 1 rings (SSSR count). The summed E-state index contributed by atoms with van der Waals surface area (Å²) in [5.74, 6) is -0.225. The normalized spacial score (nSPS) is 11.2. The Kier molecular flexibility index (Phi) is 3.55. The second-order valence-corrected chi connectivity index (χ2v) is 4.63. The van der Waals surface area contributed by atoms with Crippen molar-refractivity contribution < 1.29 is 9.90 Å². The van der Waals surface area contributed by atoms with Gasteiger partial charge in [0.25, 0.3) is 5.91 Å². The Bertz CT molecular complexity index is 374. The van der Waals surface area contributed by atoms with Gasteiger partial charge in [0.15, 0.2) is 0 Å². The highest BCUT2D eigenvalue weighted by molar-refractivity contribution is 5.95. The number of rotatable bonds is 3. The lowest BCUT2D eigenvalue weighted by Crippen LogP contribution is -2.38. The van der Waals surface area contributed by atoms with E-state index in [-0.39, 0.29) is 12.5 Å². The van der Waals surface area contributed by atoms with Crippen LogP contribution in [0.15, 0.2) is 18.2 Å². The van der Waals surface area contributed by atoms with E-state index in [9.17, 15) is 9.90 Å². The van der Waals surface area contributed by atoms with E-state index in [2.05, 4.69) is 5.32 Å². The molecule has 4 heteroatoms. The molecule has 0 aromatic heterocycles. The molecule has 0 spiro atoms. The van der Waals surface area contributed by atoms with Crippen LogP contribution in [0.5, 0.6) is 0 Å². The summed E-state index contributed by atoms with van der Waals surface area (Å²) in [5.41, 5.74) is 6.76. The van der Waals surface area contributed by atoms with Crippen LogP contribution in [-0.4, -0.2) is 23.2 Å². The zero-order valence-electron chi connectivity index (χ0n) is 9.87. The van der Waals surface area contributed by atoms with Gasteiger partial charge in [-0.2, -0.15) is 0 Å². The largest absolute Gasteiger partial charge is 0.399 e. The molecule has 0 aliphatic carbocycles. The summed E-state index contributed by atoms with van der Waals surface area (Å²) in [6.07, 6.45) is 0. The van der Waals surface area contributed by atoms with Crippen molar-refractivity contribution >= 4 is 11.6 Å². The fourth-order valence-electron chi connectivity index (χ4n) is 1.34. The maximum Gasteiger partial charge on any atom is 0.251 e. The molecule has 0 heterocycles. The number of amides is 1. The summed E-state index contributed by atoms with van der Waals surface area (Å²) in [7, 11) is 0. The van der Waals surface area contributed by atoms with Gasteiger partial charge in [-0.15, -0.1) is 0 Å². The van der Waals surface area contributed by atoms with Crippen molar-refractivity contribution in [3.8, 4) is 0 Å². The first-order valence-electron chi connectivity index (χ1n) is 5.16. The van der Waals surface area contributed by atoms with Crippen LogP contribution in [0.2, 0.25) is 0 Å². The molecule has 4 nitrogen and oxygen atoms in total. The molecule has 0 unspecified atom stereocenters. The zero-order valence-corrected chi connectivity index (χ0v) is 9.87. The highest BCUT2D eigenvalue weighted by Gasteiger charge is 2.14. The summed E-state index contributed by atoms with van der Waals surface area (Å²) in [6, 6.07) is 5.18. The minimum absolute atomic E-state index is 0.208. The summed E-state index contributed by atoms with van der Waals surface area (Å²) in [6.45, 7) is 5.36. The maximum atomic E-state index is 11.7. The molecule has 0 aliphatic rings. The van der Waals surface area contributed by atoms with Gasteiger partial charge in [-0.1, -0.05) is 0 Å². The van der Waals surface area contributed by atoms with Gasteiger partial charge in [0.2, 0.25) is 0 Å². The molecule has 0 saturated heterocycles. The van der Waals surface area contributed by atoms with E-state index >= 15 is 0 Å². The monoisotopic (exact) mass is 222 g/mol. The minimum Gasteiger partial charge on any atom is -0.399 e. The predicted octanol–water partition coefficient (Wildman–Crippen LogP) is 1.08. The molecule has 1 aromatic rings. The average Bonchev–Trinajstić information content (AvgIpc) is 2.11. The van der Waals surface area contributed by atoms with Crippen molar-refractivity contribution in [2.45, 2.75) is 26.4 Å². The number of carbonyl (C=O) groups excluding carboxylic acids is 1. The van der Waals surface area contributed by atoms with E-state index in [1.807, 2.05) is 6.92 Å². The van der Waals surface area contributed by atoms with E-state index in [0.717, 1.165) is 5.56 Å². The van der Waals surface area contributed by atoms with Gasteiger partial charge < -0.3 is 16.2 Å². The average molecular weight is 222 g/mol. The number of nitrogens with two attached hydrogens (primary N) is 1. The van der Waals surface area contributed by atoms with Crippen LogP contribution in [0.3, 0.4) is 0 Å². The Morgan fingerprint density at radius 1 is 1.44 bits per heavy atom. The lowest BCUT2D eigenvalue weighted by molar-refractivity contribution is 0.0694. The van der Waals surface area contributed by atoms with E-state index < -0.39 is 5.60 Å². The third kappa shape index (κ3) is 3.90. The summed E-state index contributed by atoms with van der Waals surface area (Å²) < 4.78 is 0. The molecular weight excluding hydrogens is 204 g/mol. The minimum atomic E-state index is -0.912. The van der Waals surface area contributed by atoms with Crippen LogP contribution < -0.4 is 11.1 Å². The lowest BCUT2D eigenvalue weighted by Gasteiger charge is -2.17. The third-order valence-electron chi connectivity index (χ3n) is 2.04. The summed E-state index contributed by atoms with van der Waals surface area (Å²) in [4.78, 5) is 11.7.